The Hall–Kier alpha value is -3.17. The SMILES string of the molecule is COc1ccccc1NC(=O)N(CCCN1CCOCC1)Cc1ccc([N+](=O)[O-])cc1. The van der Waals surface area contributed by atoms with Crippen molar-refractivity contribution in [3.8, 4) is 5.75 Å². The second kappa shape index (κ2) is 11.3. The molecule has 0 aromatic heterocycles. The standard InChI is InChI=1S/C22H28N4O5/c1-30-21-6-3-2-5-20(21)23-22(27)25(12-4-11-24-13-15-31-16-14-24)17-18-7-9-19(10-8-18)26(28)29/h2-3,5-10H,4,11-17H2,1H3,(H,23,27). The van der Waals surface area contributed by atoms with Gasteiger partial charge < -0.3 is 19.7 Å². The molecular formula is C22H28N4O5. The van der Waals surface area contributed by atoms with Gasteiger partial charge in [-0.25, -0.2) is 4.79 Å². The number of morpholine rings is 1. The molecule has 0 radical (unpaired) electrons. The first kappa shape index (κ1) is 22.5. The van der Waals surface area contributed by atoms with Crippen LogP contribution < -0.4 is 10.1 Å². The summed E-state index contributed by atoms with van der Waals surface area (Å²) in [6, 6.07) is 13.3. The predicted octanol–water partition coefficient (Wildman–Crippen LogP) is 3.36. The third-order valence-corrected chi connectivity index (χ3v) is 5.16. The number of urea groups is 1. The van der Waals surface area contributed by atoms with Gasteiger partial charge in [0.25, 0.3) is 5.69 Å². The van der Waals surface area contributed by atoms with Crippen LogP contribution in [-0.2, 0) is 11.3 Å². The Morgan fingerprint density at radius 3 is 2.58 bits per heavy atom. The molecule has 0 saturated carbocycles. The van der Waals surface area contributed by atoms with Crippen LogP contribution >= 0.6 is 0 Å². The number of amides is 2. The number of anilines is 1. The van der Waals surface area contributed by atoms with Crippen molar-refractivity contribution < 1.29 is 19.2 Å². The van der Waals surface area contributed by atoms with E-state index >= 15 is 0 Å². The highest BCUT2D eigenvalue weighted by atomic mass is 16.6. The molecule has 1 aliphatic heterocycles. The van der Waals surface area contributed by atoms with Gasteiger partial charge in [0.2, 0.25) is 0 Å². The van der Waals surface area contributed by atoms with E-state index in [0.29, 0.717) is 24.5 Å². The first-order valence-corrected chi connectivity index (χ1v) is 10.3. The molecule has 1 heterocycles. The van der Waals surface area contributed by atoms with Gasteiger partial charge in [0.15, 0.2) is 0 Å². The number of nitrogens with zero attached hydrogens (tertiary/aromatic N) is 3. The van der Waals surface area contributed by atoms with Crippen molar-refractivity contribution in [1.82, 2.24) is 9.80 Å². The van der Waals surface area contributed by atoms with Crippen molar-refractivity contribution in [3.05, 3.63) is 64.2 Å². The Bertz CT molecular complexity index is 868. The zero-order chi connectivity index (χ0) is 22.1. The van der Waals surface area contributed by atoms with E-state index in [2.05, 4.69) is 10.2 Å². The predicted molar refractivity (Wildman–Crippen MR) is 117 cm³/mol. The normalized spacial score (nSPS) is 14.1. The summed E-state index contributed by atoms with van der Waals surface area (Å²) < 4.78 is 10.7. The second-order valence-corrected chi connectivity index (χ2v) is 7.28. The van der Waals surface area contributed by atoms with Crippen LogP contribution in [0.4, 0.5) is 16.2 Å². The van der Waals surface area contributed by atoms with E-state index < -0.39 is 4.92 Å². The fourth-order valence-electron chi connectivity index (χ4n) is 3.45. The van der Waals surface area contributed by atoms with Gasteiger partial charge in [-0.3, -0.25) is 15.0 Å². The fraction of sp³-hybridized carbons (Fsp3) is 0.409. The van der Waals surface area contributed by atoms with Gasteiger partial charge in [-0.05, 0) is 24.1 Å². The van der Waals surface area contributed by atoms with E-state index in [0.717, 1.165) is 44.8 Å². The summed E-state index contributed by atoms with van der Waals surface area (Å²) in [5, 5.41) is 13.8. The number of para-hydroxylation sites is 2. The second-order valence-electron chi connectivity index (χ2n) is 7.28. The van der Waals surface area contributed by atoms with Crippen LogP contribution in [0.2, 0.25) is 0 Å². The van der Waals surface area contributed by atoms with Crippen molar-refractivity contribution in [2.24, 2.45) is 0 Å². The van der Waals surface area contributed by atoms with Crippen molar-refractivity contribution in [3.63, 3.8) is 0 Å². The van der Waals surface area contributed by atoms with Gasteiger partial charge >= 0.3 is 6.03 Å². The number of carbonyl (C=O) groups excluding carboxylic acids is 1. The molecule has 3 rings (SSSR count). The van der Waals surface area contributed by atoms with E-state index in [1.165, 1.54) is 12.1 Å². The minimum absolute atomic E-state index is 0.0288. The largest absolute Gasteiger partial charge is 0.495 e. The Labute approximate surface area is 181 Å². The Morgan fingerprint density at radius 1 is 1.19 bits per heavy atom. The molecule has 1 saturated heterocycles. The Kier molecular flexibility index (Phi) is 8.19. The molecular weight excluding hydrogens is 400 g/mol. The summed E-state index contributed by atoms with van der Waals surface area (Å²) in [4.78, 5) is 27.6. The zero-order valence-electron chi connectivity index (χ0n) is 17.7. The maximum atomic E-state index is 13.1. The van der Waals surface area contributed by atoms with Crippen molar-refractivity contribution >= 4 is 17.4 Å². The molecule has 166 valence electrons. The molecule has 2 amide bonds. The van der Waals surface area contributed by atoms with Gasteiger partial charge in [0.1, 0.15) is 5.75 Å². The smallest absolute Gasteiger partial charge is 0.322 e. The summed E-state index contributed by atoms with van der Waals surface area (Å²) in [5.74, 6) is 0.583. The number of carbonyl (C=O) groups is 1. The van der Waals surface area contributed by atoms with Crippen LogP contribution in [0.5, 0.6) is 5.75 Å². The highest BCUT2D eigenvalue weighted by Gasteiger charge is 2.18. The van der Waals surface area contributed by atoms with E-state index in [9.17, 15) is 14.9 Å². The van der Waals surface area contributed by atoms with Gasteiger partial charge in [-0.2, -0.15) is 0 Å². The molecule has 2 aromatic carbocycles. The number of nitrogens with one attached hydrogen (secondary N) is 1. The molecule has 0 bridgehead atoms. The van der Waals surface area contributed by atoms with E-state index in [-0.39, 0.29) is 11.7 Å². The summed E-state index contributed by atoms with van der Waals surface area (Å²) in [7, 11) is 1.56. The number of ether oxygens (including phenoxy) is 2. The quantitative estimate of drug-likeness (QED) is 0.486. The monoisotopic (exact) mass is 428 g/mol. The third kappa shape index (κ3) is 6.66. The maximum absolute atomic E-state index is 13.1. The molecule has 0 atom stereocenters. The van der Waals surface area contributed by atoms with Crippen molar-refractivity contribution in [1.29, 1.82) is 0 Å². The highest BCUT2D eigenvalue weighted by molar-refractivity contribution is 5.91. The molecule has 0 unspecified atom stereocenters. The van der Waals surface area contributed by atoms with Crippen LogP contribution in [0.1, 0.15) is 12.0 Å². The van der Waals surface area contributed by atoms with Crippen LogP contribution in [0, 0.1) is 10.1 Å². The highest BCUT2D eigenvalue weighted by Crippen LogP contribution is 2.24. The third-order valence-electron chi connectivity index (χ3n) is 5.16. The minimum Gasteiger partial charge on any atom is -0.495 e. The van der Waals surface area contributed by atoms with E-state index in [4.69, 9.17) is 9.47 Å². The van der Waals surface area contributed by atoms with Crippen LogP contribution in [0.25, 0.3) is 0 Å². The number of rotatable bonds is 9. The topological polar surface area (TPSA) is 97.2 Å². The number of hydrogen-bond acceptors (Lipinski definition) is 6. The lowest BCUT2D eigenvalue weighted by Gasteiger charge is -2.28. The summed E-state index contributed by atoms with van der Waals surface area (Å²) in [6.45, 7) is 5.05. The average molecular weight is 428 g/mol. The molecule has 31 heavy (non-hydrogen) atoms. The molecule has 9 heteroatoms. The number of nitro benzene ring substituents is 1. The average Bonchev–Trinajstić information content (AvgIpc) is 2.79. The zero-order valence-corrected chi connectivity index (χ0v) is 17.7. The molecule has 1 fully saturated rings. The fourth-order valence-corrected chi connectivity index (χ4v) is 3.45. The summed E-state index contributed by atoms with van der Waals surface area (Å²) >= 11 is 0. The molecule has 0 aliphatic carbocycles. The Balaban J connectivity index is 1.67. The van der Waals surface area contributed by atoms with Crippen LogP contribution in [-0.4, -0.2) is 67.3 Å². The molecule has 2 aromatic rings. The Morgan fingerprint density at radius 2 is 1.90 bits per heavy atom. The first-order chi connectivity index (χ1) is 15.1. The van der Waals surface area contributed by atoms with Crippen LogP contribution in [0.3, 0.4) is 0 Å². The molecule has 0 spiro atoms. The molecule has 9 nitrogen and oxygen atoms in total. The first-order valence-electron chi connectivity index (χ1n) is 10.3. The number of nitro groups is 1. The minimum atomic E-state index is -0.432. The molecule has 1 N–H and O–H groups in total. The number of methoxy groups -OCH3 is 1. The van der Waals surface area contributed by atoms with E-state index in [1.807, 2.05) is 12.1 Å². The lowest BCUT2D eigenvalue weighted by molar-refractivity contribution is -0.384. The summed E-state index contributed by atoms with van der Waals surface area (Å²) in [6.07, 6.45) is 0.812. The van der Waals surface area contributed by atoms with E-state index in [1.54, 1.807) is 36.3 Å². The van der Waals surface area contributed by atoms with Gasteiger partial charge in [-0.1, -0.05) is 24.3 Å². The van der Waals surface area contributed by atoms with Crippen molar-refractivity contribution in [2.45, 2.75) is 13.0 Å². The lowest BCUT2D eigenvalue weighted by atomic mass is 10.2. The van der Waals surface area contributed by atoms with Crippen molar-refractivity contribution in [2.75, 3.05) is 51.8 Å². The maximum Gasteiger partial charge on any atom is 0.322 e. The number of non-ortho nitro benzene ring substituents is 1. The van der Waals surface area contributed by atoms with Gasteiger partial charge in [0.05, 0.1) is 30.9 Å². The number of hydrogen-bond donors (Lipinski definition) is 1. The van der Waals surface area contributed by atoms with Gasteiger partial charge in [0, 0.05) is 44.9 Å². The lowest BCUT2D eigenvalue weighted by Crippen LogP contribution is -2.40. The van der Waals surface area contributed by atoms with Gasteiger partial charge in [-0.15, -0.1) is 0 Å². The number of benzene rings is 2. The summed E-state index contributed by atoms with van der Waals surface area (Å²) in [5.41, 5.74) is 1.45. The molecule has 1 aliphatic rings. The van der Waals surface area contributed by atoms with Crippen LogP contribution in [0.15, 0.2) is 48.5 Å².